The van der Waals surface area contributed by atoms with Gasteiger partial charge in [-0.1, -0.05) is 19.8 Å². The molecule has 1 unspecified atom stereocenters. The van der Waals surface area contributed by atoms with Crippen LogP contribution in [0.3, 0.4) is 0 Å². The molecule has 2 amide bonds. The number of amides is 2. The molecule has 7 heteroatoms. The molecule has 0 aliphatic rings. The molecule has 0 fully saturated rings. The third-order valence-electron chi connectivity index (χ3n) is 2.81. The number of rotatable bonds is 7. The smallest absolute Gasteiger partial charge is 0.270 e. The Kier molecular flexibility index (Phi) is 8.51. The third kappa shape index (κ3) is 5.54. The molecule has 112 valence electrons. The molecule has 1 heterocycles. The molecule has 0 saturated heterocycles. The molecule has 0 aliphatic carbocycles. The number of halogens is 1. The standard InChI is InChI=1S/C13H20N4O2.ClH/c1-2-3-4-10(7-14)17-13(19)11-6-5-9(8-16-11)12(15)18;/h5-6,8,10H,2-4,7,14H2,1H3,(H2,15,18)(H,17,19);1H. The van der Waals surface area contributed by atoms with E-state index in [0.29, 0.717) is 6.54 Å². The topological polar surface area (TPSA) is 111 Å². The highest BCUT2D eigenvalue weighted by Gasteiger charge is 2.13. The lowest BCUT2D eigenvalue weighted by molar-refractivity contribution is 0.0928. The molecule has 0 aromatic carbocycles. The predicted octanol–water partition coefficient (Wildman–Crippen LogP) is 0.850. The van der Waals surface area contributed by atoms with Crippen molar-refractivity contribution < 1.29 is 9.59 Å². The van der Waals surface area contributed by atoms with Crippen LogP contribution in [0.2, 0.25) is 0 Å². The van der Waals surface area contributed by atoms with E-state index in [0.717, 1.165) is 19.3 Å². The summed E-state index contributed by atoms with van der Waals surface area (Å²) in [6.45, 7) is 2.48. The van der Waals surface area contributed by atoms with Gasteiger partial charge in [0.05, 0.1) is 5.56 Å². The number of primary amides is 1. The fourth-order valence-corrected chi connectivity index (χ4v) is 1.63. The Morgan fingerprint density at radius 3 is 2.55 bits per heavy atom. The van der Waals surface area contributed by atoms with E-state index in [9.17, 15) is 9.59 Å². The number of nitrogens with one attached hydrogen (secondary N) is 1. The van der Waals surface area contributed by atoms with Crippen molar-refractivity contribution in [3.63, 3.8) is 0 Å². The second-order valence-corrected chi connectivity index (χ2v) is 4.34. The van der Waals surface area contributed by atoms with Crippen molar-refractivity contribution in [1.82, 2.24) is 10.3 Å². The van der Waals surface area contributed by atoms with Gasteiger partial charge in [-0.2, -0.15) is 0 Å². The van der Waals surface area contributed by atoms with Crippen molar-refractivity contribution in [2.45, 2.75) is 32.2 Å². The van der Waals surface area contributed by atoms with Crippen LogP contribution >= 0.6 is 12.4 Å². The number of carbonyl (C=O) groups excluding carboxylic acids is 2. The summed E-state index contributed by atoms with van der Waals surface area (Å²) in [6, 6.07) is 2.90. The van der Waals surface area contributed by atoms with Crippen LogP contribution in [0.4, 0.5) is 0 Å². The Balaban J connectivity index is 0.00000361. The van der Waals surface area contributed by atoms with Crippen molar-refractivity contribution in [3.8, 4) is 0 Å². The maximum absolute atomic E-state index is 11.9. The molecule has 20 heavy (non-hydrogen) atoms. The van der Waals surface area contributed by atoms with Gasteiger partial charge in [-0.05, 0) is 18.6 Å². The van der Waals surface area contributed by atoms with Gasteiger partial charge in [0.2, 0.25) is 5.91 Å². The number of hydrogen-bond donors (Lipinski definition) is 3. The summed E-state index contributed by atoms with van der Waals surface area (Å²) in [5.41, 5.74) is 11.2. The minimum Gasteiger partial charge on any atom is -0.366 e. The molecule has 0 radical (unpaired) electrons. The number of nitrogens with zero attached hydrogens (tertiary/aromatic N) is 1. The lowest BCUT2D eigenvalue weighted by atomic mass is 10.1. The molecule has 5 N–H and O–H groups in total. The number of unbranched alkanes of at least 4 members (excludes halogenated alkanes) is 1. The molecule has 1 aromatic heterocycles. The molecule has 0 bridgehead atoms. The second kappa shape index (κ2) is 9.28. The molecule has 0 spiro atoms. The zero-order chi connectivity index (χ0) is 14.3. The summed E-state index contributed by atoms with van der Waals surface area (Å²) in [4.78, 5) is 26.7. The van der Waals surface area contributed by atoms with Crippen LogP contribution in [0.1, 0.15) is 47.0 Å². The Hall–Kier alpha value is -1.66. The van der Waals surface area contributed by atoms with E-state index in [1.165, 1.54) is 18.3 Å². The highest BCUT2D eigenvalue weighted by molar-refractivity contribution is 5.95. The first-order valence-electron chi connectivity index (χ1n) is 6.35. The normalized spacial score (nSPS) is 11.3. The van der Waals surface area contributed by atoms with Gasteiger partial charge in [0.1, 0.15) is 5.69 Å². The molecule has 1 rings (SSSR count). The van der Waals surface area contributed by atoms with Gasteiger partial charge < -0.3 is 16.8 Å². The second-order valence-electron chi connectivity index (χ2n) is 4.34. The van der Waals surface area contributed by atoms with Crippen LogP contribution in [-0.2, 0) is 0 Å². The zero-order valence-electron chi connectivity index (χ0n) is 11.5. The van der Waals surface area contributed by atoms with Crippen LogP contribution in [0.5, 0.6) is 0 Å². The molecule has 0 saturated carbocycles. The first kappa shape index (κ1) is 18.3. The van der Waals surface area contributed by atoms with Crippen LogP contribution < -0.4 is 16.8 Å². The minimum atomic E-state index is -0.567. The van der Waals surface area contributed by atoms with Gasteiger partial charge in [-0.25, -0.2) is 0 Å². The summed E-state index contributed by atoms with van der Waals surface area (Å²) in [5.74, 6) is -0.857. The van der Waals surface area contributed by atoms with Crippen molar-refractivity contribution in [1.29, 1.82) is 0 Å². The third-order valence-corrected chi connectivity index (χ3v) is 2.81. The summed E-state index contributed by atoms with van der Waals surface area (Å²) in [6.07, 6.45) is 4.20. The van der Waals surface area contributed by atoms with Crippen molar-refractivity contribution in [3.05, 3.63) is 29.6 Å². The monoisotopic (exact) mass is 300 g/mol. The fourth-order valence-electron chi connectivity index (χ4n) is 1.63. The quantitative estimate of drug-likeness (QED) is 0.693. The van der Waals surface area contributed by atoms with Crippen molar-refractivity contribution in [2.75, 3.05) is 6.54 Å². The number of aromatic nitrogens is 1. The average Bonchev–Trinajstić information content (AvgIpc) is 2.43. The summed E-state index contributed by atoms with van der Waals surface area (Å²) < 4.78 is 0. The number of nitrogens with two attached hydrogens (primary N) is 2. The maximum atomic E-state index is 11.9. The molecule has 6 nitrogen and oxygen atoms in total. The van der Waals surface area contributed by atoms with Gasteiger partial charge in [-0.15, -0.1) is 12.4 Å². The number of pyridine rings is 1. The van der Waals surface area contributed by atoms with Crippen molar-refractivity contribution in [2.24, 2.45) is 11.5 Å². The van der Waals surface area contributed by atoms with Gasteiger partial charge in [0.15, 0.2) is 0 Å². The summed E-state index contributed by atoms with van der Waals surface area (Å²) >= 11 is 0. The molecule has 1 atom stereocenters. The number of carbonyl (C=O) groups is 2. The van der Waals surface area contributed by atoms with E-state index < -0.39 is 5.91 Å². The Morgan fingerprint density at radius 2 is 2.10 bits per heavy atom. The minimum absolute atomic E-state index is 0. The van der Waals surface area contributed by atoms with Crippen LogP contribution in [0.15, 0.2) is 18.3 Å². The molecular weight excluding hydrogens is 280 g/mol. The zero-order valence-corrected chi connectivity index (χ0v) is 12.3. The van der Waals surface area contributed by atoms with E-state index in [4.69, 9.17) is 11.5 Å². The van der Waals surface area contributed by atoms with Crippen LogP contribution in [0.25, 0.3) is 0 Å². The Labute approximate surface area is 124 Å². The van der Waals surface area contributed by atoms with Crippen LogP contribution in [0, 0.1) is 0 Å². The lowest BCUT2D eigenvalue weighted by Crippen LogP contribution is -2.40. The van der Waals surface area contributed by atoms with E-state index >= 15 is 0 Å². The largest absolute Gasteiger partial charge is 0.366 e. The van der Waals surface area contributed by atoms with Gasteiger partial charge in [0, 0.05) is 18.8 Å². The summed E-state index contributed by atoms with van der Waals surface area (Å²) in [5, 5.41) is 2.82. The van der Waals surface area contributed by atoms with E-state index in [1.54, 1.807) is 0 Å². The lowest BCUT2D eigenvalue weighted by Gasteiger charge is -2.16. The molecular formula is C13H21ClN4O2. The fraction of sp³-hybridized carbons (Fsp3) is 0.462. The van der Waals surface area contributed by atoms with Crippen molar-refractivity contribution >= 4 is 24.2 Å². The van der Waals surface area contributed by atoms with Gasteiger partial charge >= 0.3 is 0 Å². The first-order chi connectivity index (χ1) is 9.08. The van der Waals surface area contributed by atoms with E-state index in [-0.39, 0.29) is 35.6 Å². The SMILES string of the molecule is CCCCC(CN)NC(=O)c1ccc(C(N)=O)cn1.Cl. The highest BCUT2D eigenvalue weighted by atomic mass is 35.5. The number of hydrogen-bond acceptors (Lipinski definition) is 4. The average molecular weight is 301 g/mol. The highest BCUT2D eigenvalue weighted by Crippen LogP contribution is 2.03. The Bertz CT molecular complexity index is 437. The van der Waals surface area contributed by atoms with E-state index in [2.05, 4.69) is 17.2 Å². The molecule has 1 aromatic rings. The Morgan fingerprint density at radius 1 is 1.40 bits per heavy atom. The maximum Gasteiger partial charge on any atom is 0.270 e. The summed E-state index contributed by atoms with van der Waals surface area (Å²) in [7, 11) is 0. The van der Waals surface area contributed by atoms with Gasteiger partial charge in [-0.3, -0.25) is 14.6 Å². The van der Waals surface area contributed by atoms with Crippen LogP contribution in [-0.4, -0.2) is 29.4 Å². The first-order valence-corrected chi connectivity index (χ1v) is 6.35. The van der Waals surface area contributed by atoms with E-state index in [1.807, 2.05) is 0 Å². The van der Waals surface area contributed by atoms with Gasteiger partial charge in [0.25, 0.3) is 5.91 Å². The predicted molar refractivity (Wildman–Crippen MR) is 79.8 cm³/mol. The molecule has 0 aliphatic heterocycles.